The van der Waals surface area contributed by atoms with E-state index < -0.39 is 6.10 Å². The zero-order valence-electron chi connectivity index (χ0n) is 51.7. The Kier molecular flexibility index (Phi) is 60.3. The third-order valence-electron chi connectivity index (χ3n) is 16.3. The maximum Gasteiger partial charge on any atom is 0.306 e. The van der Waals surface area contributed by atoms with Gasteiger partial charge in [0.1, 0.15) is 13.2 Å². The van der Waals surface area contributed by atoms with Crippen molar-refractivity contribution in [3.05, 3.63) is 0 Å². The number of hydrogen-bond donors (Lipinski definition) is 0. The molecule has 0 radical (unpaired) electrons. The van der Waals surface area contributed by atoms with E-state index in [1.54, 1.807) is 0 Å². The Hall–Kier alpha value is -1.59. The second-order valence-corrected chi connectivity index (χ2v) is 24.5. The van der Waals surface area contributed by atoms with Crippen LogP contribution < -0.4 is 0 Å². The molecule has 0 heterocycles. The summed E-state index contributed by atoms with van der Waals surface area (Å²) in [5.41, 5.74) is 0. The van der Waals surface area contributed by atoms with Gasteiger partial charge in [-0.25, -0.2) is 0 Å². The summed E-state index contributed by atoms with van der Waals surface area (Å²) in [6.45, 7) is 11.5. The van der Waals surface area contributed by atoms with Crippen molar-refractivity contribution in [2.24, 2.45) is 11.8 Å². The number of carbonyl (C=O) groups excluding carboxylic acids is 3. The van der Waals surface area contributed by atoms with Gasteiger partial charge in [-0.3, -0.25) is 14.4 Å². The quantitative estimate of drug-likeness (QED) is 0.0343. The molecule has 0 fully saturated rings. The van der Waals surface area contributed by atoms with Crippen molar-refractivity contribution >= 4 is 17.9 Å². The molecule has 0 saturated carbocycles. The first-order valence-electron chi connectivity index (χ1n) is 34.3. The van der Waals surface area contributed by atoms with Crippen LogP contribution >= 0.6 is 0 Å². The van der Waals surface area contributed by atoms with Crippen molar-refractivity contribution in [3.63, 3.8) is 0 Å². The smallest absolute Gasteiger partial charge is 0.306 e. The maximum absolute atomic E-state index is 12.9. The van der Waals surface area contributed by atoms with Gasteiger partial charge in [-0.1, -0.05) is 356 Å². The van der Waals surface area contributed by atoms with Crippen molar-refractivity contribution in [1.29, 1.82) is 0 Å². The van der Waals surface area contributed by atoms with Crippen LogP contribution in [0.4, 0.5) is 0 Å². The predicted molar refractivity (Wildman–Crippen MR) is 326 cm³/mol. The molecule has 6 heteroatoms. The Labute approximate surface area is 469 Å². The number of esters is 3. The highest BCUT2D eigenvalue weighted by Crippen LogP contribution is 2.20. The molecule has 75 heavy (non-hydrogen) atoms. The third kappa shape index (κ3) is 61.5. The lowest BCUT2D eigenvalue weighted by Gasteiger charge is -2.18. The monoisotopic (exact) mass is 1060 g/mol. The number of hydrogen-bond acceptors (Lipinski definition) is 6. The first kappa shape index (κ1) is 73.4. The van der Waals surface area contributed by atoms with Gasteiger partial charge in [-0.05, 0) is 31.1 Å². The van der Waals surface area contributed by atoms with Crippen molar-refractivity contribution < 1.29 is 28.6 Å². The summed E-state index contributed by atoms with van der Waals surface area (Å²) in [6.07, 6.45) is 69.7. The molecule has 0 aromatic carbocycles. The zero-order chi connectivity index (χ0) is 54.6. The number of ether oxygens (including phenoxy) is 3. The van der Waals surface area contributed by atoms with Crippen molar-refractivity contribution in [2.75, 3.05) is 13.2 Å². The fraction of sp³-hybridized carbons (Fsp3) is 0.957. The van der Waals surface area contributed by atoms with Gasteiger partial charge >= 0.3 is 17.9 Å². The standard InChI is InChI=1S/C69H134O6/c1-6-8-9-10-11-12-13-14-15-16-17-21-24-29-34-39-44-49-54-59-67(70)73-62-66(75-69(72)61-56-51-46-41-36-31-26-27-32-37-42-47-52-57-64(3)4)63-74-68(71)60-55-50-45-40-35-30-25-22-19-18-20-23-28-33-38-43-48-53-58-65(5)7-2/h64-66H,6-63H2,1-5H3/t65?,66-/m0/s1. The second kappa shape index (κ2) is 61.6. The summed E-state index contributed by atoms with van der Waals surface area (Å²) in [4.78, 5) is 38.4. The van der Waals surface area contributed by atoms with Gasteiger partial charge in [0.2, 0.25) is 0 Å². The lowest BCUT2D eigenvalue weighted by Crippen LogP contribution is -2.30. The summed E-state index contributed by atoms with van der Waals surface area (Å²) in [7, 11) is 0. The van der Waals surface area contributed by atoms with Crippen LogP contribution in [0.25, 0.3) is 0 Å². The molecule has 0 N–H and O–H groups in total. The Bertz CT molecular complexity index is 1150. The van der Waals surface area contributed by atoms with E-state index in [9.17, 15) is 14.4 Å². The molecule has 0 aliphatic carbocycles. The molecule has 0 spiro atoms. The highest BCUT2D eigenvalue weighted by atomic mass is 16.6. The fourth-order valence-corrected chi connectivity index (χ4v) is 10.8. The van der Waals surface area contributed by atoms with E-state index in [1.807, 2.05) is 0 Å². The van der Waals surface area contributed by atoms with E-state index in [4.69, 9.17) is 14.2 Å². The highest BCUT2D eigenvalue weighted by molar-refractivity contribution is 5.71. The molecular weight excluding hydrogens is 925 g/mol. The molecule has 0 bridgehead atoms. The number of carbonyl (C=O) groups is 3. The summed E-state index contributed by atoms with van der Waals surface area (Å²) < 4.78 is 17.0. The van der Waals surface area contributed by atoms with Crippen molar-refractivity contribution in [1.82, 2.24) is 0 Å². The Balaban J connectivity index is 4.26. The minimum Gasteiger partial charge on any atom is -0.462 e. The van der Waals surface area contributed by atoms with E-state index in [0.717, 1.165) is 69.6 Å². The van der Waals surface area contributed by atoms with Crippen LogP contribution in [0.1, 0.15) is 394 Å². The SMILES string of the molecule is CCCCCCCCCCCCCCCCCCCCCC(=O)OC[C@@H](COC(=O)CCCCCCCCCCCCCCCCCCCCC(C)CC)OC(=O)CCCCCCCCCCCCCCCC(C)C. The summed E-state index contributed by atoms with van der Waals surface area (Å²) in [6, 6.07) is 0. The molecule has 0 rings (SSSR count). The van der Waals surface area contributed by atoms with Crippen LogP contribution in [0.5, 0.6) is 0 Å². The van der Waals surface area contributed by atoms with E-state index in [0.29, 0.717) is 19.3 Å². The van der Waals surface area contributed by atoms with Crippen LogP contribution in [0.3, 0.4) is 0 Å². The Morgan fingerprint density at radius 1 is 0.280 bits per heavy atom. The molecular formula is C69H134O6. The molecule has 0 amide bonds. The predicted octanol–water partition coefficient (Wildman–Crippen LogP) is 23.2. The first-order valence-corrected chi connectivity index (χ1v) is 34.3. The van der Waals surface area contributed by atoms with Gasteiger partial charge < -0.3 is 14.2 Å². The lowest BCUT2D eigenvalue weighted by molar-refractivity contribution is -0.167. The Morgan fingerprint density at radius 3 is 0.760 bits per heavy atom. The lowest BCUT2D eigenvalue weighted by atomic mass is 9.99. The Morgan fingerprint density at radius 2 is 0.507 bits per heavy atom. The maximum atomic E-state index is 12.9. The molecule has 0 saturated heterocycles. The van der Waals surface area contributed by atoms with Crippen LogP contribution in [-0.4, -0.2) is 37.2 Å². The zero-order valence-corrected chi connectivity index (χ0v) is 51.7. The van der Waals surface area contributed by atoms with Crippen molar-refractivity contribution in [3.8, 4) is 0 Å². The van der Waals surface area contributed by atoms with Crippen LogP contribution in [-0.2, 0) is 28.6 Å². The minimum atomic E-state index is -0.764. The van der Waals surface area contributed by atoms with Gasteiger partial charge in [0.15, 0.2) is 6.10 Å². The average molecular weight is 1060 g/mol. The number of rotatable bonds is 63. The van der Waals surface area contributed by atoms with Gasteiger partial charge in [0.25, 0.3) is 0 Å². The van der Waals surface area contributed by atoms with Gasteiger partial charge in [0.05, 0.1) is 0 Å². The van der Waals surface area contributed by atoms with Crippen LogP contribution in [0.2, 0.25) is 0 Å². The molecule has 2 atom stereocenters. The van der Waals surface area contributed by atoms with Crippen molar-refractivity contribution in [2.45, 2.75) is 400 Å². The number of unbranched alkanes of at least 4 members (excludes halogenated alkanes) is 47. The van der Waals surface area contributed by atoms with Gasteiger partial charge in [0, 0.05) is 19.3 Å². The molecule has 1 unspecified atom stereocenters. The second-order valence-electron chi connectivity index (χ2n) is 24.5. The third-order valence-corrected chi connectivity index (χ3v) is 16.3. The minimum absolute atomic E-state index is 0.0615. The van der Waals surface area contributed by atoms with Crippen LogP contribution in [0.15, 0.2) is 0 Å². The molecule has 0 aliphatic heterocycles. The molecule has 0 aliphatic rings. The highest BCUT2D eigenvalue weighted by Gasteiger charge is 2.20. The van der Waals surface area contributed by atoms with E-state index in [1.165, 1.54) is 283 Å². The molecule has 0 aromatic heterocycles. The largest absolute Gasteiger partial charge is 0.462 e. The molecule has 0 aromatic rings. The molecule has 446 valence electrons. The van der Waals surface area contributed by atoms with E-state index >= 15 is 0 Å². The topological polar surface area (TPSA) is 78.9 Å². The van der Waals surface area contributed by atoms with Gasteiger partial charge in [-0.15, -0.1) is 0 Å². The van der Waals surface area contributed by atoms with Crippen LogP contribution in [0, 0.1) is 11.8 Å². The summed E-state index contributed by atoms with van der Waals surface area (Å²) >= 11 is 0. The van der Waals surface area contributed by atoms with Gasteiger partial charge in [-0.2, -0.15) is 0 Å². The summed E-state index contributed by atoms with van der Waals surface area (Å²) in [5, 5.41) is 0. The van der Waals surface area contributed by atoms with E-state index in [2.05, 4.69) is 34.6 Å². The fourth-order valence-electron chi connectivity index (χ4n) is 10.8. The van der Waals surface area contributed by atoms with E-state index in [-0.39, 0.29) is 31.1 Å². The average Bonchev–Trinajstić information content (AvgIpc) is 3.40. The molecule has 6 nitrogen and oxygen atoms in total. The normalized spacial score (nSPS) is 12.4. The first-order chi connectivity index (χ1) is 36.8. The summed E-state index contributed by atoms with van der Waals surface area (Å²) in [5.74, 6) is 0.921.